The molecule has 2 unspecified atom stereocenters. The summed E-state index contributed by atoms with van der Waals surface area (Å²) in [5, 5.41) is 11.5. The zero-order chi connectivity index (χ0) is 13.8. The highest BCUT2D eigenvalue weighted by Crippen LogP contribution is 2.37. The minimum absolute atomic E-state index is 0.289. The van der Waals surface area contributed by atoms with E-state index in [1.807, 2.05) is 0 Å². The first-order valence-corrected chi connectivity index (χ1v) is 8.05. The van der Waals surface area contributed by atoms with Crippen molar-refractivity contribution in [2.75, 3.05) is 6.54 Å². The summed E-state index contributed by atoms with van der Waals surface area (Å²) < 4.78 is 0. The van der Waals surface area contributed by atoms with E-state index in [1.165, 1.54) is 10.4 Å². The summed E-state index contributed by atoms with van der Waals surface area (Å²) in [6.45, 7) is 5.25. The molecule has 1 N–H and O–H groups in total. The Morgan fingerprint density at radius 2 is 2.42 bits per heavy atom. The van der Waals surface area contributed by atoms with Gasteiger partial charge in [-0.2, -0.15) is 0 Å². The molecule has 0 bridgehead atoms. The summed E-state index contributed by atoms with van der Waals surface area (Å²) in [7, 11) is 0. The van der Waals surface area contributed by atoms with Gasteiger partial charge in [0.15, 0.2) is 0 Å². The predicted octanol–water partition coefficient (Wildman–Crippen LogP) is 3.84. The Kier molecular flexibility index (Phi) is 4.99. The average Bonchev–Trinajstić information content (AvgIpc) is 3.00. The highest BCUT2D eigenvalue weighted by atomic mass is 32.1. The maximum Gasteiger partial charge on any atom is 0.320 e. The number of likely N-dealkylation sites (tertiary alicyclic amines) is 1. The van der Waals surface area contributed by atoms with Crippen LogP contribution in [0, 0.1) is 6.92 Å². The molecule has 0 saturated carbocycles. The lowest BCUT2D eigenvalue weighted by atomic mass is 10.0. The number of carbonyl (C=O) groups is 1. The number of hydrogen-bond donors (Lipinski definition) is 1. The van der Waals surface area contributed by atoms with E-state index in [-0.39, 0.29) is 6.04 Å². The Bertz CT molecular complexity index is 430. The first kappa shape index (κ1) is 14.5. The van der Waals surface area contributed by atoms with Crippen LogP contribution in [-0.4, -0.2) is 28.6 Å². The van der Waals surface area contributed by atoms with Gasteiger partial charge in [-0.1, -0.05) is 19.8 Å². The quantitative estimate of drug-likeness (QED) is 0.861. The van der Waals surface area contributed by atoms with Gasteiger partial charge in [0.05, 0.1) is 0 Å². The number of aryl methyl sites for hydroxylation is 1. The first-order valence-electron chi connectivity index (χ1n) is 7.17. The smallest absolute Gasteiger partial charge is 0.320 e. The van der Waals surface area contributed by atoms with Gasteiger partial charge < -0.3 is 5.11 Å². The van der Waals surface area contributed by atoms with Gasteiger partial charge >= 0.3 is 5.97 Å². The Morgan fingerprint density at radius 3 is 3.00 bits per heavy atom. The average molecular weight is 281 g/mol. The Hall–Kier alpha value is -0.870. The molecule has 0 spiro atoms. The predicted molar refractivity (Wildman–Crippen MR) is 78.7 cm³/mol. The van der Waals surface area contributed by atoms with E-state index in [0.29, 0.717) is 6.04 Å². The normalized spacial score (nSPS) is 21.7. The number of nitrogens with zero attached hydrogens (tertiary/aromatic N) is 1. The van der Waals surface area contributed by atoms with Crippen LogP contribution in [0.25, 0.3) is 0 Å². The number of carboxylic acid groups (broad SMARTS) is 1. The molecule has 0 amide bonds. The van der Waals surface area contributed by atoms with E-state index in [1.54, 1.807) is 11.3 Å². The van der Waals surface area contributed by atoms with Crippen LogP contribution in [0.15, 0.2) is 11.4 Å². The second-order valence-corrected chi connectivity index (χ2v) is 6.31. The molecule has 106 valence electrons. The van der Waals surface area contributed by atoms with Gasteiger partial charge in [0.25, 0.3) is 0 Å². The summed E-state index contributed by atoms with van der Waals surface area (Å²) in [6, 6.07) is 2.15. The third kappa shape index (κ3) is 3.18. The van der Waals surface area contributed by atoms with Crippen LogP contribution in [0.5, 0.6) is 0 Å². The van der Waals surface area contributed by atoms with Crippen molar-refractivity contribution in [2.24, 2.45) is 0 Å². The SMILES string of the molecule is CCCCC(c1sccc1C)N1CCCC1C(=O)O. The van der Waals surface area contributed by atoms with Crippen molar-refractivity contribution in [1.82, 2.24) is 4.90 Å². The van der Waals surface area contributed by atoms with E-state index in [2.05, 4.69) is 30.2 Å². The molecule has 0 aliphatic carbocycles. The highest BCUT2D eigenvalue weighted by Gasteiger charge is 2.36. The summed E-state index contributed by atoms with van der Waals surface area (Å²) >= 11 is 1.77. The fraction of sp³-hybridized carbons (Fsp3) is 0.667. The number of thiophene rings is 1. The Labute approximate surface area is 119 Å². The van der Waals surface area contributed by atoms with Gasteiger partial charge in [-0.25, -0.2) is 0 Å². The van der Waals surface area contributed by atoms with Crippen molar-refractivity contribution in [1.29, 1.82) is 0 Å². The fourth-order valence-corrected chi connectivity index (χ4v) is 4.08. The van der Waals surface area contributed by atoms with Crippen molar-refractivity contribution in [2.45, 2.75) is 58.0 Å². The van der Waals surface area contributed by atoms with Crippen molar-refractivity contribution in [3.05, 3.63) is 21.9 Å². The monoisotopic (exact) mass is 281 g/mol. The molecule has 1 aliphatic heterocycles. The van der Waals surface area contributed by atoms with E-state index < -0.39 is 5.97 Å². The number of rotatable bonds is 6. The lowest BCUT2D eigenvalue weighted by Gasteiger charge is -2.31. The molecule has 2 rings (SSSR count). The highest BCUT2D eigenvalue weighted by molar-refractivity contribution is 7.10. The van der Waals surface area contributed by atoms with Crippen LogP contribution < -0.4 is 0 Å². The largest absolute Gasteiger partial charge is 0.480 e. The Balaban J connectivity index is 2.22. The topological polar surface area (TPSA) is 40.5 Å². The second-order valence-electron chi connectivity index (χ2n) is 5.36. The zero-order valence-corrected chi connectivity index (χ0v) is 12.6. The van der Waals surface area contributed by atoms with Gasteiger partial charge in [-0.3, -0.25) is 9.69 Å². The van der Waals surface area contributed by atoms with Crippen LogP contribution in [-0.2, 0) is 4.79 Å². The fourth-order valence-electron chi connectivity index (χ4n) is 3.00. The van der Waals surface area contributed by atoms with Gasteiger partial charge in [-0.05, 0) is 49.7 Å². The minimum Gasteiger partial charge on any atom is -0.480 e. The third-order valence-electron chi connectivity index (χ3n) is 4.02. The molecule has 0 aromatic carbocycles. The number of carboxylic acids is 1. The zero-order valence-electron chi connectivity index (χ0n) is 11.8. The standard InChI is InChI=1S/C15H23NO2S/c1-3-4-6-12(14-11(2)8-10-19-14)16-9-5-7-13(16)15(17)18/h8,10,12-13H,3-7,9H2,1-2H3,(H,17,18). The van der Waals surface area contributed by atoms with Crippen molar-refractivity contribution >= 4 is 17.3 Å². The molecule has 1 aromatic heterocycles. The van der Waals surface area contributed by atoms with Crippen LogP contribution in [0.3, 0.4) is 0 Å². The van der Waals surface area contributed by atoms with Crippen LogP contribution in [0.1, 0.15) is 55.5 Å². The molecule has 1 aromatic rings. The first-order chi connectivity index (χ1) is 9.15. The third-order valence-corrected chi connectivity index (χ3v) is 5.14. The second kappa shape index (κ2) is 6.53. The summed E-state index contributed by atoms with van der Waals surface area (Å²) in [6.07, 6.45) is 5.19. The van der Waals surface area contributed by atoms with Crippen LogP contribution in [0.4, 0.5) is 0 Å². The molecule has 2 heterocycles. The molecular formula is C15H23NO2S. The maximum absolute atomic E-state index is 11.4. The van der Waals surface area contributed by atoms with Crippen molar-refractivity contribution < 1.29 is 9.90 Å². The Morgan fingerprint density at radius 1 is 1.63 bits per heavy atom. The number of aliphatic carboxylic acids is 1. The summed E-state index contributed by atoms with van der Waals surface area (Å²) in [4.78, 5) is 15.0. The molecule has 19 heavy (non-hydrogen) atoms. The van der Waals surface area contributed by atoms with Gasteiger partial charge in [-0.15, -0.1) is 11.3 Å². The molecule has 1 saturated heterocycles. The van der Waals surface area contributed by atoms with Crippen LogP contribution in [0.2, 0.25) is 0 Å². The molecular weight excluding hydrogens is 258 g/mol. The number of unbranched alkanes of at least 4 members (excludes halogenated alkanes) is 1. The summed E-state index contributed by atoms with van der Waals surface area (Å²) in [5.41, 5.74) is 1.31. The lowest BCUT2D eigenvalue weighted by Crippen LogP contribution is -2.38. The summed E-state index contributed by atoms with van der Waals surface area (Å²) in [5.74, 6) is -0.659. The number of hydrogen-bond acceptors (Lipinski definition) is 3. The molecule has 1 aliphatic rings. The maximum atomic E-state index is 11.4. The molecule has 2 atom stereocenters. The van der Waals surface area contributed by atoms with E-state index in [9.17, 15) is 9.90 Å². The molecule has 0 radical (unpaired) electrons. The molecule has 3 nitrogen and oxygen atoms in total. The lowest BCUT2D eigenvalue weighted by molar-refractivity contribution is -0.143. The van der Waals surface area contributed by atoms with Gasteiger partial charge in [0.1, 0.15) is 6.04 Å². The van der Waals surface area contributed by atoms with E-state index >= 15 is 0 Å². The van der Waals surface area contributed by atoms with Crippen LogP contribution >= 0.6 is 11.3 Å². The molecule has 1 fully saturated rings. The van der Waals surface area contributed by atoms with Crippen molar-refractivity contribution in [3.8, 4) is 0 Å². The van der Waals surface area contributed by atoms with E-state index in [4.69, 9.17) is 0 Å². The van der Waals surface area contributed by atoms with Crippen molar-refractivity contribution in [3.63, 3.8) is 0 Å². The van der Waals surface area contributed by atoms with Gasteiger partial charge in [0, 0.05) is 10.9 Å². The minimum atomic E-state index is -0.659. The molecule has 4 heteroatoms. The van der Waals surface area contributed by atoms with Gasteiger partial charge in [0.2, 0.25) is 0 Å². The van der Waals surface area contributed by atoms with E-state index in [0.717, 1.165) is 38.6 Å².